The second-order valence-corrected chi connectivity index (χ2v) is 7.72. The zero-order valence-electron chi connectivity index (χ0n) is 18.1. The Morgan fingerprint density at radius 3 is 2.59 bits per heavy atom. The fourth-order valence-corrected chi connectivity index (χ4v) is 3.97. The minimum absolute atomic E-state index is 0.0221. The summed E-state index contributed by atoms with van der Waals surface area (Å²) >= 11 is 0. The van der Waals surface area contributed by atoms with Crippen LogP contribution >= 0.6 is 0 Å². The summed E-state index contributed by atoms with van der Waals surface area (Å²) in [6, 6.07) is 17.0. The Bertz CT molecular complexity index is 1030. The van der Waals surface area contributed by atoms with Gasteiger partial charge in [-0.15, -0.1) is 0 Å². The molecule has 0 spiro atoms. The van der Waals surface area contributed by atoms with Gasteiger partial charge in [0.25, 0.3) is 5.91 Å². The van der Waals surface area contributed by atoms with Crippen molar-refractivity contribution < 1.29 is 23.1 Å². The molecule has 6 nitrogen and oxygen atoms in total. The normalized spacial score (nSPS) is 14.8. The fourth-order valence-electron chi connectivity index (χ4n) is 3.97. The third-order valence-corrected chi connectivity index (χ3v) is 5.62. The van der Waals surface area contributed by atoms with Crippen molar-refractivity contribution in [3.63, 3.8) is 0 Å². The molecule has 1 fully saturated rings. The SMILES string of the molecule is COc1ccccc1C(CNC(=O)c1ccc(COc2ccc(F)cc2)o1)N1CCCC1. The fraction of sp³-hybridized carbons (Fsp3) is 0.320. The Morgan fingerprint density at radius 2 is 1.84 bits per heavy atom. The molecule has 0 radical (unpaired) electrons. The first-order chi connectivity index (χ1) is 15.6. The number of nitrogens with one attached hydrogen (secondary N) is 1. The summed E-state index contributed by atoms with van der Waals surface area (Å²) in [5.41, 5.74) is 1.06. The maximum absolute atomic E-state index is 13.0. The van der Waals surface area contributed by atoms with E-state index in [1.807, 2.05) is 24.3 Å². The third-order valence-electron chi connectivity index (χ3n) is 5.62. The number of methoxy groups -OCH3 is 1. The second-order valence-electron chi connectivity index (χ2n) is 7.72. The maximum Gasteiger partial charge on any atom is 0.287 e. The highest BCUT2D eigenvalue weighted by molar-refractivity contribution is 5.91. The van der Waals surface area contributed by atoms with Gasteiger partial charge >= 0.3 is 0 Å². The summed E-state index contributed by atoms with van der Waals surface area (Å²) in [5.74, 6) is 1.48. The molecular weight excluding hydrogens is 411 g/mol. The first kappa shape index (κ1) is 21.9. The number of carbonyl (C=O) groups is 1. The zero-order chi connectivity index (χ0) is 22.3. The number of furan rings is 1. The number of halogens is 1. The molecule has 1 aliphatic rings. The molecule has 1 aliphatic heterocycles. The summed E-state index contributed by atoms with van der Waals surface area (Å²) < 4.78 is 29.8. The van der Waals surface area contributed by atoms with E-state index < -0.39 is 0 Å². The van der Waals surface area contributed by atoms with Gasteiger partial charge in [0.2, 0.25) is 0 Å². The highest BCUT2D eigenvalue weighted by Gasteiger charge is 2.26. The van der Waals surface area contributed by atoms with E-state index in [9.17, 15) is 9.18 Å². The van der Waals surface area contributed by atoms with Gasteiger partial charge in [0.1, 0.15) is 29.7 Å². The number of nitrogens with zero attached hydrogens (tertiary/aromatic N) is 1. The van der Waals surface area contributed by atoms with E-state index in [2.05, 4.69) is 10.2 Å². The molecule has 1 amide bonds. The number of hydrogen-bond donors (Lipinski definition) is 1. The Labute approximate surface area is 186 Å². The van der Waals surface area contributed by atoms with E-state index >= 15 is 0 Å². The van der Waals surface area contributed by atoms with Crippen LogP contribution in [0, 0.1) is 5.82 Å². The van der Waals surface area contributed by atoms with Gasteiger partial charge in [-0.05, 0) is 68.4 Å². The number of para-hydroxylation sites is 1. The van der Waals surface area contributed by atoms with Crippen LogP contribution in [-0.4, -0.2) is 37.6 Å². The lowest BCUT2D eigenvalue weighted by atomic mass is 10.0. The smallest absolute Gasteiger partial charge is 0.287 e. The van der Waals surface area contributed by atoms with Crippen LogP contribution in [-0.2, 0) is 6.61 Å². The van der Waals surface area contributed by atoms with Crippen LogP contribution in [0.15, 0.2) is 65.1 Å². The number of likely N-dealkylation sites (tertiary alicyclic amines) is 1. The van der Waals surface area contributed by atoms with E-state index in [-0.39, 0.29) is 30.1 Å². The zero-order valence-corrected chi connectivity index (χ0v) is 18.1. The highest BCUT2D eigenvalue weighted by Crippen LogP contribution is 2.31. The van der Waals surface area contributed by atoms with Crippen molar-refractivity contribution in [1.29, 1.82) is 0 Å². The molecule has 1 unspecified atom stereocenters. The Hall–Kier alpha value is -3.32. The molecule has 0 bridgehead atoms. The van der Waals surface area contributed by atoms with Crippen molar-refractivity contribution in [2.75, 3.05) is 26.7 Å². The van der Waals surface area contributed by atoms with E-state index in [4.69, 9.17) is 13.9 Å². The summed E-state index contributed by atoms with van der Waals surface area (Å²) in [6.07, 6.45) is 2.30. The molecule has 1 saturated heterocycles. The van der Waals surface area contributed by atoms with E-state index in [1.54, 1.807) is 31.4 Å². The van der Waals surface area contributed by atoms with Gasteiger partial charge in [-0.2, -0.15) is 0 Å². The maximum atomic E-state index is 13.0. The summed E-state index contributed by atoms with van der Waals surface area (Å²) in [6.45, 7) is 2.58. The molecule has 168 valence electrons. The topological polar surface area (TPSA) is 63.9 Å². The molecule has 2 heterocycles. The van der Waals surface area contributed by atoms with Gasteiger partial charge in [0.15, 0.2) is 5.76 Å². The summed E-state index contributed by atoms with van der Waals surface area (Å²) in [5, 5.41) is 3.01. The number of ether oxygens (including phenoxy) is 2. The Balaban J connectivity index is 1.38. The molecule has 32 heavy (non-hydrogen) atoms. The van der Waals surface area contributed by atoms with Gasteiger partial charge in [0, 0.05) is 12.1 Å². The van der Waals surface area contributed by atoms with Crippen LogP contribution in [0.4, 0.5) is 4.39 Å². The van der Waals surface area contributed by atoms with E-state index in [0.29, 0.717) is 18.1 Å². The van der Waals surface area contributed by atoms with Gasteiger partial charge in [-0.3, -0.25) is 9.69 Å². The number of carbonyl (C=O) groups excluding carboxylic acids is 1. The Kier molecular flexibility index (Phi) is 7.07. The lowest BCUT2D eigenvalue weighted by molar-refractivity contribution is 0.0905. The van der Waals surface area contributed by atoms with Gasteiger partial charge in [0.05, 0.1) is 13.2 Å². The van der Waals surface area contributed by atoms with Crippen LogP contribution in [0.3, 0.4) is 0 Å². The number of hydrogen-bond acceptors (Lipinski definition) is 5. The number of rotatable bonds is 9. The minimum Gasteiger partial charge on any atom is -0.496 e. The average Bonchev–Trinajstić information content (AvgIpc) is 3.52. The molecular formula is C25H27FN2O4. The standard InChI is InChI=1S/C25H27FN2O4/c1-30-23-7-3-2-6-21(23)22(28-14-4-5-15-28)16-27-25(29)24-13-12-20(32-24)17-31-19-10-8-18(26)9-11-19/h2-3,6-13,22H,4-5,14-17H2,1H3,(H,27,29). The average molecular weight is 438 g/mol. The van der Waals surface area contributed by atoms with E-state index in [0.717, 1.165) is 37.2 Å². The molecule has 1 aromatic heterocycles. The number of amides is 1. The highest BCUT2D eigenvalue weighted by atomic mass is 19.1. The molecule has 0 aliphatic carbocycles. The van der Waals surface area contributed by atoms with Gasteiger partial charge in [-0.25, -0.2) is 4.39 Å². The predicted molar refractivity (Wildman–Crippen MR) is 118 cm³/mol. The van der Waals surface area contributed by atoms with Crippen molar-refractivity contribution in [1.82, 2.24) is 10.2 Å². The van der Waals surface area contributed by atoms with Crippen molar-refractivity contribution >= 4 is 5.91 Å². The van der Waals surface area contributed by atoms with Crippen molar-refractivity contribution in [2.45, 2.75) is 25.5 Å². The first-order valence-corrected chi connectivity index (χ1v) is 10.8. The molecule has 3 aromatic rings. The van der Waals surface area contributed by atoms with Crippen LogP contribution < -0.4 is 14.8 Å². The van der Waals surface area contributed by atoms with E-state index in [1.165, 1.54) is 12.1 Å². The lowest BCUT2D eigenvalue weighted by Gasteiger charge is -2.29. The minimum atomic E-state index is -0.324. The summed E-state index contributed by atoms with van der Waals surface area (Å²) in [4.78, 5) is 15.1. The number of benzene rings is 2. The Morgan fingerprint density at radius 1 is 1.09 bits per heavy atom. The summed E-state index contributed by atoms with van der Waals surface area (Å²) in [7, 11) is 1.66. The van der Waals surface area contributed by atoms with Crippen molar-refractivity contribution in [3.8, 4) is 11.5 Å². The van der Waals surface area contributed by atoms with Crippen LogP contribution in [0.5, 0.6) is 11.5 Å². The molecule has 0 saturated carbocycles. The van der Waals surface area contributed by atoms with Crippen molar-refractivity contribution in [2.24, 2.45) is 0 Å². The van der Waals surface area contributed by atoms with Gasteiger partial charge < -0.3 is 19.2 Å². The largest absolute Gasteiger partial charge is 0.496 e. The van der Waals surface area contributed by atoms with Crippen LogP contribution in [0.25, 0.3) is 0 Å². The molecule has 1 N–H and O–H groups in total. The van der Waals surface area contributed by atoms with Crippen molar-refractivity contribution in [3.05, 3.63) is 83.6 Å². The molecule has 7 heteroatoms. The molecule has 4 rings (SSSR count). The molecule has 1 atom stereocenters. The predicted octanol–water partition coefficient (Wildman–Crippen LogP) is 4.57. The second kappa shape index (κ2) is 10.3. The quantitative estimate of drug-likeness (QED) is 0.530. The lowest BCUT2D eigenvalue weighted by Crippen LogP contribution is -2.36. The van der Waals surface area contributed by atoms with Crippen LogP contribution in [0.2, 0.25) is 0 Å². The molecule has 2 aromatic carbocycles. The van der Waals surface area contributed by atoms with Crippen LogP contribution in [0.1, 0.15) is 40.8 Å². The monoisotopic (exact) mass is 438 g/mol. The third kappa shape index (κ3) is 5.29. The van der Waals surface area contributed by atoms with Gasteiger partial charge in [-0.1, -0.05) is 18.2 Å². The first-order valence-electron chi connectivity index (χ1n) is 10.8.